The maximum absolute atomic E-state index is 4.88. The van der Waals surface area contributed by atoms with Gasteiger partial charge in [0.25, 0.3) is 0 Å². The first-order chi connectivity index (χ1) is 8.49. The van der Waals surface area contributed by atoms with Crippen LogP contribution in [-0.2, 0) is 0 Å². The Morgan fingerprint density at radius 3 is 2.67 bits per heavy atom. The van der Waals surface area contributed by atoms with Crippen LogP contribution in [-0.4, -0.2) is 11.3 Å². The quantitative estimate of drug-likeness (QED) is 0.664. The first-order valence-corrected chi connectivity index (χ1v) is 7.44. The average molecular weight is 259 g/mol. The second-order valence-corrected chi connectivity index (χ2v) is 6.60. The summed E-state index contributed by atoms with van der Waals surface area (Å²) in [6.45, 7) is 8.69. The van der Waals surface area contributed by atoms with E-state index in [1.54, 1.807) is 11.3 Å². The highest BCUT2D eigenvalue weighted by atomic mass is 32.1. The molecule has 0 atom stereocenters. The number of rotatable bonds is 3. The molecule has 0 bridgehead atoms. The molecule has 1 aromatic carbocycles. The SMILES string of the molecule is CCC/C(=N\C(C)(C)C)c1ccc2sccc2c1. The second-order valence-electron chi connectivity index (χ2n) is 5.65. The fraction of sp³-hybridized carbons (Fsp3) is 0.438. The molecule has 0 saturated heterocycles. The van der Waals surface area contributed by atoms with Gasteiger partial charge in [0.05, 0.1) is 5.54 Å². The van der Waals surface area contributed by atoms with Crippen molar-refractivity contribution in [3.8, 4) is 0 Å². The Balaban J connectivity index is 2.44. The highest BCUT2D eigenvalue weighted by molar-refractivity contribution is 7.17. The van der Waals surface area contributed by atoms with Gasteiger partial charge in [0.1, 0.15) is 0 Å². The van der Waals surface area contributed by atoms with E-state index in [9.17, 15) is 0 Å². The Bertz CT molecular complexity index is 558. The minimum Gasteiger partial charge on any atom is -0.283 e. The molecule has 0 radical (unpaired) electrons. The lowest BCUT2D eigenvalue weighted by atomic mass is 10.0. The lowest BCUT2D eigenvalue weighted by Crippen LogP contribution is -2.15. The van der Waals surface area contributed by atoms with Crippen molar-refractivity contribution in [3.05, 3.63) is 35.2 Å². The van der Waals surface area contributed by atoms with Crippen molar-refractivity contribution in [2.45, 2.75) is 46.1 Å². The van der Waals surface area contributed by atoms with Crippen molar-refractivity contribution in [1.29, 1.82) is 0 Å². The van der Waals surface area contributed by atoms with Crippen LogP contribution in [0.25, 0.3) is 10.1 Å². The van der Waals surface area contributed by atoms with Gasteiger partial charge < -0.3 is 0 Å². The van der Waals surface area contributed by atoms with E-state index < -0.39 is 0 Å². The van der Waals surface area contributed by atoms with E-state index in [-0.39, 0.29) is 5.54 Å². The van der Waals surface area contributed by atoms with Crippen molar-refractivity contribution < 1.29 is 0 Å². The van der Waals surface area contributed by atoms with E-state index in [1.807, 2.05) is 0 Å². The van der Waals surface area contributed by atoms with Crippen LogP contribution in [0.3, 0.4) is 0 Å². The summed E-state index contributed by atoms with van der Waals surface area (Å²) in [7, 11) is 0. The molecule has 1 heterocycles. The minimum atomic E-state index is -0.00585. The first-order valence-electron chi connectivity index (χ1n) is 6.56. The van der Waals surface area contributed by atoms with Gasteiger partial charge in [-0.05, 0) is 61.7 Å². The van der Waals surface area contributed by atoms with Gasteiger partial charge in [-0.3, -0.25) is 4.99 Å². The van der Waals surface area contributed by atoms with E-state index in [0.29, 0.717) is 0 Å². The fourth-order valence-corrected chi connectivity index (χ4v) is 2.82. The van der Waals surface area contributed by atoms with Gasteiger partial charge in [0.2, 0.25) is 0 Å². The highest BCUT2D eigenvalue weighted by Crippen LogP contribution is 2.23. The van der Waals surface area contributed by atoms with Gasteiger partial charge in [-0.25, -0.2) is 0 Å². The molecule has 0 saturated carbocycles. The molecule has 0 unspecified atom stereocenters. The van der Waals surface area contributed by atoms with Crippen LogP contribution in [0.4, 0.5) is 0 Å². The fourth-order valence-electron chi connectivity index (χ4n) is 2.05. The lowest BCUT2D eigenvalue weighted by molar-refractivity contribution is 0.581. The summed E-state index contributed by atoms with van der Waals surface area (Å²) >= 11 is 1.79. The number of fused-ring (bicyclic) bond motifs is 1. The molecular weight excluding hydrogens is 238 g/mol. The number of thiophene rings is 1. The predicted octanol–water partition coefficient (Wildman–Crippen LogP) is 5.29. The lowest BCUT2D eigenvalue weighted by Gasteiger charge is -2.16. The molecule has 96 valence electrons. The number of benzene rings is 1. The van der Waals surface area contributed by atoms with E-state index in [4.69, 9.17) is 4.99 Å². The Morgan fingerprint density at radius 2 is 2.00 bits per heavy atom. The van der Waals surface area contributed by atoms with Crippen LogP contribution in [0.5, 0.6) is 0 Å². The molecular formula is C16H21NS. The summed E-state index contributed by atoms with van der Waals surface area (Å²) in [5.41, 5.74) is 2.50. The average Bonchev–Trinajstić information content (AvgIpc) is 2.73. The first kappa shape index (κ1) is 13.3. The second kappa shape index (κ2) is 5.23. The number of hydrogen-bond donors (Lipinski definition) is 0. The van der Waals surface area contributed by atoms with Crippen molar-refractivity contribution >= 4 is 27.1 Å². The largest absolute Gasteiger partial charge is 0.283 e. The Labute approximate surface area is 114 Å². The molecule has 0 spiro atoms. The molecule has 0 N–H and O–H groups in total. The topological polar surface area (TPSA) is 12.4 Å². The zero-order chi connectivity index (χ0) is 13.2. The standard InChI is InChI=1S/C16H21NS/c1-5-6-14(17-16(2,3)4)12-7-8-15-13(11-12)9-10-18-15/h7-11H,5-6H2,1-4H3/b17-14+. The molecule has 0 aliphatic carbocycles. The maximum atomic E-state index is 4.88. The molecule has 0 aliphatic heterocycles. The van der Waals surface area contributed by atoms with Crippen molar-refractivity contribution in [2.24, 2.45) is 4.99 Å². The van der Waals surface area contributed by atoms with Crippen LogP contribution in [0, 0.1) is 0 Å². The smallest absolute Gasteiger partial charge is 0.0527 e. The molecule has 1 aromatic heterocycles. The van der Waals surface area contributed by atoms with Crippen LogP contribution >= 0.6 is 11.3 Å². The number of aliphatic imine (C=N–C) groups is 1. The summed E-state index contributed by atoms with van der Waals surface area (Å²) in [4.78, 5) is 4.88. The maximum Gasteiger partial charge on any atom is 0.0527 e. The molecule has 0 amide bonds. The van der Waals surface area contributed by atoms with Crippen LogP contribution < -0.4 is 0 Å². The molecule has 2 heteroatoms. The molecule has 18 heavy (non-hydrogen) atoms. The summed E-state index contributed by atoms with van der Waals surface area (Å²) in [6.07, 6.45) is 2.18. The van der Waals surface area contributed by atoms with Crippen molar-refractivity contribution in [2.75, 3.05) is 0 Å². The summed E-state index contributed by atoms with van der Waals surface area (Å²) < 4.78 is 1.35. The molecule has 1 nitrogen and oxygen atoms in total. The van der Waals surface area contributed by atoms with Crippen LogP contribution in [0.1, 0.15) is 46.1 Å². The van der Waals surface area contributed by atoms with Gasteiger partial charge in [-0.1, -0.05) is 19.4 Å². The predicted molar refractivity (Wildman–Crippen MR) is 83.0 cm³/mol. The zero-order valence-electron chi connectivity index (χ0n) is 11.7. The van der Waals surface area contributed by atoms with Gasteiger partial charge in [0, 0.05) is 10.4 Å². The molecule has 0 aliphatic rings. The van der Waals surface area contributed by atoms with E-state index in [1.165, 1.54) is 21.4 Å². The summed E-state index contributed by atoms with van der Waals surface area (Å²) in [5, 5.41) is 3.48. The number of hydrogen-bond acceptors (Lipinski definition) is 2. The Morgan fingerprint density at radius 1 is 1.22 bits per heavy atom. The monoisotopic (exact) mass is 259 g/mol. The molecule has 2 aromatic rings. The van der Waals surface area contributed by atoms with Crippen LogP contribution in [0.2, 0.25) is 0 Å². The Kier molecular flexibility index (Phi) is 3.86. The van der Waals surface area contributed by atoms with Crippen molar-refractivity contribution in [3.63, 3.8) is 0 Å². The van der Waals surface area contributed by atoms with Crippen LogP contribution in [0.15, 0.2) is 34.6 Å². The molecule has 2 rings (SSSR count). The third-order valence-corrected chi connectivity index (χ3v) is 3.64. The van der Waals surface area contributed by atoms with Gasteiger partial charge in [0.15, 0.2) is 0 Å². The van der Waals surface area contributed by atoms with Gasteiger partial charge in [-0.2, -0.15) is 0 Å². The van der Waals surface area contributed by atoms with Gasteiger partial charge >= 0.3 is 0 Å². The molecule has 0 fully saturated rings. The van der Waals surface area contributed by atoms with Gasteiger partial charge in [-0.15, -0.1) is 11.3 Å². The highest BCUT2D eigenvalue weighted by Gasteiger charge is 2.11. The normalized spacial score (nSPS) is 13.2. The van der Waals surface area contributed by atoms with E-state index >= 15 is 0 Å². The summed E-state index contributed by atoms with van der Waals surface area (Å²) in [6, 6.07) is 8.87. The minimum absolute atomic E-state index is 0.00585. The zero-order valence-corrected chi connectivity index (χ0v) is 12.5. The third kappa shape index (κ3) is 3.20. The Hall–Kier alpha value is -1.15. The van der Waals surface area contributed by atoms with Crippen molar-refractivity contribution in [1.82, 2.24) is 0 Å². The summed E-state index contributed by atoms with van der Waals surface area (Å²) in [5.74, 6) is 0. The van der Waals surface area contributed by atoms with E-state index in [2.05, 4.69) is 57.3 Å². The number of nitrogens with zero attached hydrogens (tertiary/aromatic N) is 1. The van der Waals surface area contributed by atoms with E-state index in [0.717, 1.165) is 12.8 Å². The third-order valence-electron chi connectivity index (χ3n) is 2.74.